The van der Waals surface area contributed by atoms with Gasteiger partial charge in [0.1, 0.15) is 6.54 Å². The Bertz CT molecular complexity index is 1220. The number of nitrogens with one attached hydrogen (secondary N) is 1. The maximum absolute atomic E-state index is 13.7. The molecule has 2 aromatic carbocycles. The number of carbonyl (C=O) groups is 2. The predicted molar refractivity (Wildman–Crippen MR) is 150 cm³/mol. The maximum Gasteiger partial charge on any atom is 0.242 e. The van der Waals surface area contributed by atoms with Gasteiger partial charge >= 0.3 is 0 Å². The van der Waals surface area contributed by atoms with Gasteiger partial charge in [-0.15, -0.1) is 0 Å². The average molecular weight is 520 g/mol. The molecule has 38 heavy (non-hydrogen) atoms. The lowest BCUT2D eigenvalue weighted by molar-refractivity contribution is -0.141. The van der Waals surface area contributed by atoms with E-state index in [2.05, 4.69) is 24.0 Å². The summed E-state index contributed by atoms with van der Waals surface area (Å²) in [5.74, 6) is 1.38. The van der Waals surface area contributed by atoms with Crippen molar-refractivity contribution in [1.82, 2.24) is 14.8 Å². The Morgan fingerprint density at radius 2 is 1.76 bits per heavy atom. The van der Waals surface area contributed by atoms with Crippen molar-refractivity contribution in [3.05, 3.63) is 59.8 Å². The standard InChI is InChI=1S/C31H41N3O4/c1-4-5-6-7-12-30(35)34(25-14-15-25)22-31(36)33(21-23-13-16-28(37-2)29(19-23)38-3)18-17-24-20-32-27-11-9-8-10-26(24)27/h8-11,13,16,19-20,25,32H,4-7,12,14-15,17-18,21-22H2,1-3H3. The highest BCUT2D eigenvalue weighted by atomic mass is 16.5. The Kier molecular flexibility index (Phi) is 9.68. The van der Waals surface area contributed by atoms with E-state index in [1.54, 1.807) is 14.2 Å². The number of aromatic nitrogens is 1. The molecule has 1 aliphatic rings. The van der Waals surface area contributed by atoms with Gasteiger partial charge in [0.2, 0.25) is 11.8 Å². The van der Waals surface area contributed by atoms with Crippen LogP contribution in [-0.4, -0.2) is 59.9 Å². The van der Waals surface area contributed by atoms with Crippen molar-refractivity contribution in [3.63, 3.8) is 0 Å². The van der Waals surface area contributed by atoms with Crippen LogP contribution in [0.2, 0.25) is 0 Å². The van der Waals surface area contributed by atoms with Crippen LogP contribution in [0.3, 0.4) is 0 Å². The molecule has 2 amide bonds. The average Bonchev–Trinajstić information content (AvgIpc) is 3.70. The quantitative estimate of drug-likeness (QED) is 0.261. The topological polar surface area (TPSA) is 74.9 Å². The number of aromatic amines is 1. The van der Waals surface area contributed by atoms with Gasteiger partial charge in [0.25, 0.3) is 0 Å². The molecule has 0 atom stereocenters. The number of benzene rings is 2. The highest BCUT2D eigenvalue weighted by Crippen LogP contribution is 2.30. The zero-order valence-corrected chi connectivity index (χ0v) is 23.0. The molecule has 1 fully saturated rings. The van der Waals surface area contributed by atoms with Gasteiger partial charge in [0.15, 0.2) is 11.5 Å². The zero-order chi connectivity index (χ0) is 26.9. The van der Waals surface area contributed by atoms with E-state index in [0.717, 1.165) is 56.0 Å². The van der Waals surface area contributed by atoms with Crippen molar-refractivity contribution in [2.75, 3.05) is 27.3 Å². The van der Waals surface area contributed by atoms with Crippen molar-refractivity contribution in [2.24, 2.45) is 0 Å². The number of H-pyrrole nitrogens is 1. The van der Waals surface area contributed by atoms with Gasteiger partial charge in [-0.25, -0.2) is 0 Å². The summed E-state index contributed by atoms with van der Waals surface area (Å²) in [6.07, 6.45) is 9.47. The van der Waals surface area contributed by atoms with E-state index in [1.165, 1.54) is 10.9 Å². The van der Waals surface area contributed by atoms with Crippen molar-refractivity contribution >= 4 is 22.7 Å². The van der Waals surface area contributed by atoms with Crippen LogP contribution in [0.4, 0.5) is 0 Å². The van der Waals surface area contributed by atoms with Crippen molar-refractivity contribution in [3.8, 4) is 11.5 Å². The molecular weight excluding hydrogens is 478 g/mol. The van der Waals surface area contributed by atoms with Gasteiger partial charge in [-0.2, -0.15) is 0 Å². The van der Waals surface area contributed by atoms with Crippen LogP contribution in [0.25, 0.3) is 10.9 Å². The minimum absolute atomic E-state index is 0.0200. The fourth-order valence-electron chi connectivity index (χ4n) is 4.98. The molecule has 0 spiro atoms. The van der Waals surface area contributed by atoms with E-state index in [0.29, 0.717) is 31.0 Å². The third kappa shape index (κ3) is 7.09. The summed E-state index contributed by atoms with van der Waals surface area (Å²) < 4.78 is 10.9. The van der Waals surface area contributed by atoms with Crippen LogP contribution in [0, 0.1) is 0 Å². The number of ether oxygens (including phenoxy) is 2. The summed E-state index contributed by atoms with van der Waals surface area (Å²) in [6, 6.07) is 14.2. The van der Waals surface area contributed by atoms with E-state index in [1.807, 2.05) is 46.3 Å². The number of unbranched alkanes of at least 4 members (excludes halogenated alkanes) is 3. The number of methoxy groups -OCH3 is 2. The predicted octanol–water partition coefficient (Wildman–Crippen LogP) is 5.72. The summed E-state index contributed by atoms with van der Waals surface area (Å²) in [6.45, 7) is 3.29. The molecule has 7 nitrogen and oxygen atoms in total. The van der Waals surface area contributed by atoms with Gasteiger partial charge in [-0.1, -0.05) is 50.5 Å². The van der Waals surface area contributed by atoms with Gasteiger partial charge in [-0.3, -0.25) is 9.59 Å². The Morgan fingerprint density at radius 1 is 0.974 bits per heavy atom. The highest BCUT2D eigenvalue weighted by molar-refractivity contribution is 5.86. The Balaban J connectivity index is 1.50. The van der Waals surface area contributed by atoms with Crippen LogP contribution < -0.4 is 9.47 Å². The summed E-state index contributed by atoms with van der Waals surface area (Å²) >= 11 is 0. The van der Waals surface area contributed by atoms with Crippen LogP contribution >= 0.6 is 0 Å². The molecular formula is C31H41N3O4. The molecule has 1 aromatic heterocycles. The highest BCUT2D eigenvalue weighted by Gasteiger charge is 2.34. The minimum Gasteiger partial charge on any atom is -0.493 e. The maximum atomic E-state index is 13.7. The molecule has 3 aromatic rings. The molecule has 1 saturated carbocycles. The zero-order valence-electron chi connectivity index (χ0n) is 23.0. The van der Waals surface area contributed by atoms with Crippen molar-refractivity contribution in [1.29, 1.82) is 0 Å². The van der Waals surface area contributed by atoms with Crippen LogP contribution in [0.1, 0.15) is 63.0 Å². The Labute approximate surface area is 226 Å². The molecule has 0 bridgehead atoms. The first kappa shape index (κ1) is 27.6. The molecule has 204 valence electrons. The summed E-state index contributed by atoms with van der Waals surface area (Å²) in [5.41, 5.74) is 3.23. The molecule has 0 saturated heterocycles. The summed E-state index contributed by atoms with van der Waals surface area (Å²) in [5, 5.41) is 1.17. The second-order valence-electron chi connectivity index (χ2n) is 10.2. The summed E-state index contributed by atoms with van der Waals surface area (Å²) in [7, 11) is 3.22. The lowest BCUT2D eigenvalue weighted by atomic mass is 10.1. The fourth-order valence-corrected chi connectivity index (χ4v) is 4.98. The van der Waals surface area contributed by atoms with Gasteiger partial charge in [-0.05, 0) is 55.0 Å². The number of carbonyl (C=O) groups excluding carboxylic acids is 2. The van der Waals surface area contributed by atoms with E-state index in [4.69, 9.17) is 9.47 Å². The van der Waals surface area contributed by atoms with E-state index in [9.17, 15) is 9.59 Å². The van der Waals surface area contributed by atoms with Crippen molar-refractivity contribution < 1.29 is 19.1 Å². The van der Waals surface area contributed by atoms with E-state index in [-0.39, 0.29) is 24.4 Å². The molecule has 4 rings (SSSR count). The first-order valence-electron chi connectivity index (χ1n) is 13.9. The number of amides is 2. The van der Waals surface area contributed by atoms with Gasteiger partial charge in [0, 0.05) is 42.7 Å². The number of fused-ring (bicyclic) bond motifs is 1. The molecule has 0 radical (unpaired) electrons. The molecule has 1 aliphatic carbocycles. The minimum atomic E-state index is -0.0200. The molecule has 1 N–H and O–H groups in total. The molecule has 1 heterocycles. The second-order valence-corrected chi connectivity index (χ2v) is 10.2. The number of hydrogen-bond acceptors (Lipinski definition) is 4. The van der Waals surface area contributed by atoms with Crippen LogP contribution in [0.15, 0.2) is 48.7 Å². The second kappa shape index (κ2) is 13.4. The monoisotopic (exact) mass is 519 g/mol. The molecule has 7 heteroatoms. The third-order valence-corrected chi connectivity index (χ3v) is 7.36. The van der Waals surface area contributed by atoms with Gasteiger partial charge in [0.05, 0.1) is 14.2 Å². The van der Waals surface area contributed by atoms with Gasteiger partial charge < -0.3 is 24.3 Å². The summed E-state index contributed by atoms with van der Waals surface area (Å²) in [4.78, 5) is 33.9. The fraction of sp³-hybridized carbons (Fsp3) is 0.484. The normalized spacial score (nSPS) is 12.9. The Hall–Kier alpha value is -3.48. The number of rotatable bonds is 15. The lowest BCUT2D eigenvalue weighted by Gasteiger charge is -2.28. The van der Waals surface area contributed by atoms with Crippen molar-refractivity contribution in [2.45, 2.75) is 70.9 Å². The lowest BCUT2D eigenvalue weighted by Crippen LogP contribution is -2.44. The van der Waals surface area contributed by atoms with E-state index >= 15 is 0 Å². The molecule has 0 unspecified atom stereocenters. The Morgan fingerprint density at radius 3 is 2.50 bits per heavy atom. The SMILES string of the molecule is CCCCCCC(=O)N(CC(=O)N(CCc1c[nH]c2ccccc12)Cc1ccc(OC)c(OC)c1)C1CC1. The third-order valence-electron chi connectivity index (χ3n) is 7.36. The smallest absolute Gasteiger partial charge is 0.242 e. The first-order chi connectivity index (χ1) is 18.5. The largest absolute Gasteiger partial charge is 0.493 e. The van der Waals surface area contributed by atoms with E-state index < -0.39 is 0 Å². The number of nitrogens with zero attached hydrogens (tertiary/aromatic N) is 2. The molecule has 0 aliphatic heterocycles. The van der Waals surface area contributed by atoms with Crippen LogP contribution in [-0.2, 0) is 22.6 Å². The number of para-hydroxylation sites is 1. The first-order valence-corrected chi connectivity index (χ1v) is 13.9. The number of hydrogen-bond donors (Lipinski definition) is 1. The van der Waals surface area contributed by atoms with Crippen LogP contribution in [0.5, 0.6) is 11.5 Å².